The maximum Gasteiger partial charge on any atom is 0.272 e. The van der Waals surface area contributed by atoms with Crippen molar-refractivity contribution in [1.29, 1.82) is 0 Å². The summed E-state index contributed by atoms with van der Waals surface area (Å²) < 4.78 is 13.1. The fourth-order valence-corrected chi connectivity index (χ4v) is 3.71. The molecule has 0 aromatic carbocycles. The van der Waals surface area contributed by atoms with Crippen LogP contribution in [-0.2, 0) is 22.4 Å². The number of amides is 1. The van der Waals surface area contributed by atoms with Crippen LogP contribution in [0.25, 0.3) is 0 Å². The largest absolute Gasteiger partial charge is 0.381 e. The van der Waals surface area contributed by atoms with Gasteiger partial charge in [-0.05, 0) is 33.6 Å². The number of carbonyl (C=O) groups is 1. The first-order valence-electron chi connectivity index (χ1n) is 8.62. The maximum atomic E-state index is 13.1. The van der Waals surface area contributed by atoms with Crippen LogP contribution in [0.1, 0.15) is 61.5 Å². The molecule has 6 heteroatoms. The summed E-state index contributed by atoms with van der Waals surface area (Å²) in [4.78, 5) is 15.1. The summed E-state index contributed by atoms with van der Waals surface area (Å²) in [6.45, 7) is 8.30. The van der Waals surface area contributed by atoms with Gasteiger partial charge in [-0.15, -0.1) is 0 Å². The molecule has 0 spiro atoms. The second-order valence-corrected chi connectivity index (χ2v) is 6.55. The molecular weight excluding hydrogens is 294 g/mol. The Kier molecular flexibility index (Phi) is 4.73. The second-order valence-electron chi connectivity index (χ2n) is 6.55. The van der Waals surface area contributed by atoms with Crippen LogP contribution < -0.4 is 0 Å². The molecule has 0 N–H and O–H groups in total. The van der Waals surface area contributed by atoms with E-state index in [1.54, 1.807) is 7.11 Å². The Balaban J connectivity index is 1.88. The number of likely N-dealkylation sites (tertiary alicyclic amines) is 1. The van der Waals surface area contributed by atoms with E-state index in [9.17, 15) is 4.79 Å². The van der Waals surface area contributed by atoms with E-state index in [4.69, 9.17) is 9.47 Å². The van der Waals surface area contributed by atoms with Gasteiger partial charge in [0.15, 0.2) is 0 Å². The molecule has 0 bridgehead atoms. The summed E-state index contributed by atoms with van der Waals surface area (Å²) in [7, 11) is 1.74. The van der Waals surface area contributed by atoms with Crippen molar-refractivity contribution in [3.8, 4) is 0 Å². The van der Waals surface area contributed by atoms with Gasteiger partial charge in [-0.25, -0.2) is 0 Å². The molecule has 2 atom stereocenters. The molecule has 0 unspecified atom stereocenters. The Morgan fingerprint density at radius 1 is 1.35 bits per heavy atom. The molecule has 0 radical (unpaired) electrons. The molecule has 3 heterocycles. The average Bonchev–Trinajstić information content (AvgIpc) is 2.93. The first-order chi connectivity index (χ1) is 11.0. The molecule has 3 rings (SSSR count). The summed E-state index contributed by atoms with van der Waals surface area (Å²) in [5, 5.41) is 4.65. The summed E-state index contributed by atoms with van der Waals surface area (Å²) >= 11 is 0. The van der Waals surface area contributed by atoms with Crippen molar-refractivity contribution >= 4 is 5.91 Å². The van der Waals surface area contributed by atoms with E-state index in [1.165, 1.54) is 0 Å². The van der Waals surface area contributed by atoms with Gasteiger partial charge >= 0.3 is 0 Å². The number of carbonyl (C=O) groups excluding carboxylic acids is 1. The highest BCUT2D eigenvalue weighted by Gasteiger charge is 2.34. The van der Waals surface area contributed by atoms with Gasteiger partial charge in [-0.1, -0.05) is 0 Å². The number of piperidine rings is 1. The van der Waals surface area contributed by atoms with Crippen molar-refractivity contribution in [2.45, 2.75) is 64.9 Å². The van der Waals surface area contributed by atoms with Crippen LogP contribution in [0.4, 0.5) is 0 Å². The highest BCUT2D eigenvalue weighted by molar-refractivity contribution is 5.94. The fraction of sp³-hybridized carbons (Fsp3) is 0.765. The van der Waals surface area contributed by atoms with Crippen molar-refractivity contribution in [3.05, 3.63) is 17.0 Å². The van der Waals surface area contributed by atoms with E-state index >= 15 is 0 Å². The molecule has 1 aromatic heterocycles. The van der Waals surface area contributed by atoms with Gasteiger partial charge < -0.3 is 14.4 Å². The third-order valence-corrected chi connectivity index (χ3v) is 4.96. The Labute approximate surface area is 137 Å². The predicted octanol–water partition coefficient (Wildman–Crippen LogP) is 2.18. The monoisotopic (exact) mass is 321 g/mol. The molecule has 2 aliphatic rings. The van der Waals surface area contributed by atoms with Gasteiger partial charge in [0, 0.05) is 38.7 Å². The number of aromatic nitrogens is 2. The van der Waals surface area contributed by atoms with E-state index in [2.05, 4.69) is 12.0 Å². The molecule has 1 saturated heterocycles. The lowest BCUT2D eigenvalue weighted by Crippen LogP contribution is -2.42. The van der Waals surface area contributed by atoms with Crippen molar-refractivity contribution in [2.75, 3.05) is 20.2 Å². The molecule has 1 amide bonds. The Bertz CT molecular complexity index is 576. The van der Waals surface area contributed by atoms with Crippen molar-refractivity contribution in [1.82, 2.24) is 14.7 Å². The van der Waals surface area contributed by atoms with E-state index < -0.39 is 0 Å². The highest BCUT2D eigenvalue weighted by atomic mass is 16.5. The number of nitrogens with zero attached hydrogens (tertiary/aromatic N) is 3. The smallest absolute Gasteiger partial charge is 0.272 e. The Hall–Kier alpha value is -1.40. The molecule has 0 saturated carbocycles. The summed E-state index contributed by atoms with van der Waals surface area (Å²) in [5.41, 5.74) is 2.78. The van der Waals surface area contributed by atoms with Gasteiger partial charge in [-0.2, -0.15) is 5.10 Å². The molecular formula is C17H27N3O3. The average molecular weight is 321 g/mol. The SMILES string of the molecule is CCn1nc2c(c1C(=O)N1CCC(OC)CC1)C[C@H](C)O[C@@H]2C. The molecule has 2 aliphatic heterocycles. The van der Waals surface area contributed by atoms with Gasteiger partial charge in [0.05, 0.1) is 24.0 Å². The lowest BCUT2D eigenvalue weighted by Gasteiger charge is -2.32. The third-order valence-electron chi connectivity index (χ3n) is 4.96. The standard InChI is InChI=1S/C17H27N3O3/c1-5-20-16(14-10-11(2)23-12(3)15(14)18-20)17(21)19-8-6-13(22-4)7-9-19/h11-13H,5-10H2,1-4H3/t11-,12+/m0/s1. The molecule has 1 aromatic rings. The maximum absolute atomic E-state index is 13.1. The minimum Gasteiger partial charge on any atom is -0.381 e. The van der Waals surface area contributed by atoms with Crippen LogP contribution >= 0.6 is 0 Å². The zero-order valence-electron chi connectivity index (χ0n) is 14.5. The predicted molar refractivity (Wildman–Crippen MR) is 86.5 cm³/mol. The topological polar surface area (TPSA) is 56.6 Å². The zero-order chi connectivity index (χ0) is 16.6. The number of hydrogen-bond acceptors (Lipinski definition) is 4. The van der Waals surface area contributed by atoms with Gasteiger partial charge in [0.2, 0.25) is 0 Å². The van der Waals surface area contributed by atoms with Crippen LogP contribution in [0.2, 0.25) is 0 Å². The molecule has 128 valence electrons. The zero-order valence-corrected chi connectivity index (χ0v) is 14.5. The van der Waals surface area contributed by atoms with Crippen molar-refractivity contribution < 1.29 is 14.3 Å². The first-order valence-corrected chi connectivity index (χ1v) is 8.62. The molecule has 23 heavy (non-hydrogen) atoms. The minimum absolute atomic E-state index is 0.0488. The molecule has 0 aliphatic carbocycles. The number of hydrogen-bond donors (Lipinski definition) is 0. The van der Waals surface area contributed by atoms with Crippen molar-refractivity contribution in [2.24, 2.45) is 0 Å². The highest BCUT2D eigenvalue weighted by Crippen LogP contribution is 2.32. The summed E-state index contributed by atoms with van der Waals surface area (Å²) in [6.07, 6.45) is 2.92. The lowest BCUT2D eigenvalue weighted by molar-refractivity contribution is -0.00720. The van der Waals surface area contributed by atoms with Gasteiger partial charge in [0.1, 0.15) is 5.69 Å². The van der Waals surface area contributed by atoms with E-state index in [-0.39, 0.29) is 24.2 Å². The first kappa shape index (κ1) is 16.5. The van der Waals surface area contributed by atoms with Crippen LogP contribution in [0.5, 0.6) is 0 Å². The fourth-order valence-electron chi connectivity index (χ4n) is 3.71. The lowest BCUT2D eigenvalue weighted by atomic mass is 9.98. The van der Waals surface area contributed by atoms with E-state index in [0.29, 0.717) is 6.54 Å². The minimum atomic E-state index is -0.0488. The Morgan fingerprint density at radius 2 is 2.04 bits per heavy atom. The number of ether oxygens (including phenoxy) is 2. The van der Waals surface area contributed by atoms with Crippen LogP contribution in [0, 0.1) is 0 Å². The Morgan fingerprint density at radius 3 is 2.65 bits per heavy atom. The van der Waals surface area contributed by atoms with Gasteiger partial charge in [0.25, 0.3) is 5.91 Å². The summed E-state index contributed by atoms with van der Waals surface area (Å²) in [5.74, 6) is 0.108. The van der Waals surface area contributed by atoms with E-state index in [1.807, 2.05) is 23.4 Å². The van der Waals surface area contributed by atoms with Gasteiger partial charge in [-0.3, -0.25) is 9.48 Å². The summed E-state index contributed by atoms with van der Waals surface area (Å²) in [6, 6.07) is 0. The van der Waals surface area contributed by atoms with Crippen LogP contribution in [-0.4, -0.2) is 53.0 Å². The second kappa shape index (κ2) is 6.61. The van der Waals surface area contributed by atoms with Crippen LogP contribution in [0.15, 0.2) is 0 Å². The molecule has 6 nitrogen and oxygen atoms in total. The quantitative estimate of drug-likeness (QED) is 0.856. The van der Waals surface area contributed by atoms with Crippen molar-refractivity contribution in [3.63, 3.8) is 0 Å². The molecule has 1 fully saturated rings. The number of fused-ring (bicyclic) bond motifs is 1. The number of methoxy groups -OCH3 is 1. The number of rotatable bonds is 3. The normalized spacial score (nSPS) is 25.5. The number of aryl methyl sites for hydroxylation is 1. The third kappa shape index (κ3) is 3.02. The van der Waals surface area contributed by atoms with Crippen LogP contribution in [0.3, 0.4) is 0 Å². The van der Waals surface area contributed by atoms with E-state index in [0.717, 1.165) is 49.3 Å².